The van der Waals surface area contributed by atoms with E-state index in [1.54, 1.807) is 5.38 Å². The Kier molecular flexibility index (Phi) is 7.00. The normalized spacial score (nSPS) is 10.2. The summed E-state index contributed by atoms with van der Waals surface area (Å²) in [5.74, 6) is -0.131. The van der Waals surface area contributed by atoms with Gasteiger partial charge in [-0.1, -0.05) is 17.7 Å². The fourth-order valence-electron chi connectivity index (χ4n) is 2.40. The molecule has 0 aliphatic carbocycles. The van der Waals surface area contributed by atoms with Crippen LogP contribution in [0.1, 0.15) is 37.7 Å². The van der Waals surface area contributed by atoms with Crippen molar-refractivity contribution in [1.82, 2.24) is 10.3 Å². The summed E-state index contributed by atoms with van der Waals surface area (Å²) >= 11 is 1.48. The number of hydrogen-bond donors (Lipinski definition) is 2. The van der Waals surface area contributed by atoms with Crippen LogP contribution in [0, 0.1) is 20.8 Å². The number of amides is 1. The Morgan fingerprint density at radius 3 is 2.50 bits per heavy atom. The van der Waals surface area contributed by atoms with Crippen LogP contribution in [-0.2, 0) is 13.0 Å². The average Bonchev–Trinajstić information content (AvgIpc) is 2.86. The Balaban J connectivity index is 0.00000242. The molecular formula is C16H22ClN3OS. The van der Waals surface area contributed by atoms with E-state index in [2.05, 4.69) is 43.2 Å². The van der Waals surface area contributed by atoms with E-state index in [0.29, 0.717) is 25.2 Å². The van der Waals surface area contributed by atoms with Crippen molar-refractivity contribution in [2.75, 3.05) is 6.54 Å². The molecule has 0 unspecified atom stereocenters. The number of rotatable bonds is 5. The predicted octanol–water partition coefficient (Wildman–Crippen LogP) is 2.92. The van der Waals surface area contributed by atoms with E-state index in [1.807, 2.05) is 0 Å². The molecule has 0 fully saturated rings. The maximum atomic E-state index is 12.1. The van der Waals surface area contributed by atoms with E-state index < -0.39 is 0 Å². The molecule has 1 aromatic carbocycles. The number of benzene rings is 1. The number of carbonyl (C=O) groups is 1. The van der Waals surface area contributed by atoms with Crippen molar-refractivity contribution in [3.8, 4) is 0 Å². The first-order chi connectivity index (χ1) is 10.0. The molecule has 0 radical (unpaired) electrons. The van der Waals surface area contributed by atoms with Crippen LogP contribution in [0.15, 0.2) is 17.5 Å². The molecule has 1 aromatic heterocycles. The maximum absolute atomic E-state index is 12.1. The Morgan fingerprint density at radius 2 is 1.91 bits per heavy atom. The lowest BCUT2D eigenvalue weighted by atomic mass is 10.00. The van der Waals surface area contributed by atoms with Crippen molar-refractivity contribution in [1.29, 1.82) is 0 Å². The van der Waals surface area contributed by atoms with Gasteiger partial charge >= 0.3 is 0 Å². The highest BCUT2D eigenvalue weighted by molar-refractivity contribution is 7.09. The van der Waals surface area contributed by atoms with E-state index in [-0.39, 0.29) is 18.3 Å². The second-order valence-corrected chi connectivity index (χ2v) is 6.17. The third-order valence-corrected chi connectivity index (χ3v) is 4.32. The minimum Gasteiger partial charge on any atom is -0.347 e. The number of hydrogen-bond acceptors (Lipinski definition) is 4. The molecule has 0 bridgehead atoms. The summed E-state index contributed by atoms with van der Waals surface area (Å²) in [6, 6.07) is 4.27. The monoisotopic (exact) mass is 339 g/mol. The maximum Gasteiger partial charge on any atom is 0.271 e. The molecule has 0 spiro atoms. The molecule has 0 aliphatic heterocycles. The largest absolute Gasteiger partial charge is 0.347 e. The van der Waals surface area contributed by atoms with Gasteiger partial charge < -0.3 is 11.1 Å². The Bertz CT molecular complexity index is 632. The lowest BCUT2D eigenvalue weighted by Gasteiger charge is -2.11. The quantitative estimate of drug-likeness (QED) is 0.880. The lowest BCUT2D eigenvalue weighted by molar-refractivity contribution is 0.0946. The molecular weight excluding hydrogens is 318 g/mol. The van der Waals surface area contributed by atoms with Gasteiger partial charge in [-0.15, -0.1) is 23.7 Å². The van der Waals surface area contributed by atoms with Crippen LogP contribution >= 0.6 is 23.7 Å². The molecule has 0 saturated heterocycles. The molecule has 6 heteroatoms. The number of nitrogens with zero attached hydrogens (tertiary/aromatic N) is 1. The first kappa shape index (κ1) is 18.6. The average molecular weight is 340 g/mol. The predicted molar refractivity (Wildman–Crippen MR) is 93.9 cm³/mol. The number of halogens is 1. The minimum atomic E-state index is -0.131. The van der Waals surface area contributed by atoms with Crippen LogP contribution in [0.25, 0.3) is 0 Å². The number of aryl methyl sites for hydroxylation is 3. The van der Waals surface area contributed by atoms with Gasteiger partial charge in [-0.25, -0.2) is 4.98 Å². The van der Waals surface area contributed by atoms with Gasteiger partial charge in [-0.2, -0.15) is 0 Å². The summed E-state index contributed by atoms with van der Waals surface area (Å²) < 4.78 is 0. The van der Waals surface area contributed by atoms with Crippen molar-refractivity contribution in [2.24, 2.45) is 5.73 Å². The first-order valence-corrected chi connectivity index (χ1v) is 7.88. The lowest BCUT2D eigenvalue weighted by Crippen LogP contribution is -2.24. The highest BCUT2D eigenvalue weighted by atomic mass is 35.5. The van der Waals surface area contributed by atoms with Gasteiger partial charge in [0.2, 0.25) is 0 Å². The molecule has 2 aromatic rings. The third-order valence-electron chi connectivity index (χ3n) is 3.41. The van der Waals surface area contributed by atoms with Crippen LogP contribution in [-0.4, -0.2) is 17.4 Å². The van der Waals surface area contributed by atoms with Crippen LogP contribution in [0.4, 0.5) is 0 Å². The highest BCUT2D eigenvalue weighted by Crippen LogP contribution is 2.16. The summed E-state index contributed by atoms with van der Waals surface area (Å²) in [6.45, 7) is 7.31. The van der Waals surface area contributed by atoms with Crippen LogP contribution in [0.5, 0.6) is 0 Å². The molecule has 3 N–H and O–H groups in total. The van der Waals surface area contributed by atoms with Gasteiger partial charge in [-0.3, -0.25) is 4.79 Å². The Morgan fingerprint density at radius 1 is 1.27 bits per heavy atom. The van der Waals surface area contributed by atoms with E-state index in [9.17, 15) is 4.79 Å². The fraction of sp³-hybridized carbons (Fsp3) is 0.375. The van der Waals surface area contributed by atoms with E-state index in [4.69, 9.17) is 5.73 Å². The number of thiazole rings is 1. The zero-order chi connectivity index (χ0) is 15.4. The molecule has 1 amide bonds. The molecule has 2 rings (SSSR count). The minimum absolute atomic E-state index is 0. The molecule has 1 heterocycles. The Hall–Kier alpha value is -1.43. The van der Waals surface area contributed by atoms with Crippen molar-refractivity contribution in [3.05, 3.63) is 50.5 Å². The van der Waals surface area contributed by atoms with Crippen LogP contribution < -0.4 is 11.1 Å². The molecule has 120 valence electrons. The van der Waals surface area contributed by atoms with Crippen molar-refractivity contribution in [2.45, 2.75) is 33.7 Å². The van der Waals surface area contributed by atoms with Crippen molar-refractivity contribution >= 4 is 29.7 Å². The molecule has 0 atom stereocenters. The summed E-state index contributed by atoms with van der Waals surface area (Å²) in [5.41, 5.74) is 10.8. The van der Waals surface area contributed by atoms with Crippen molar-refractivity contribution < 1.29 is 4.79 Å². The van der Waals surface area contributed by atoms with Crippen LogP contribution in [0.2, 0.25) is 0 Å². The van der Waals surface area contributed by atoms with Gasteiger partial charge in [-0.05, 0) is 44.0 Å². The second kappa shape index (κ2) is 8.27. The van der Waals surface area contributed by atoms with E-state index in [0.717, 1.165) is 5.01 Å². The summed E-state index contributed by atoms with van der Waals surface area (Å²) in [5, 5.41) is 5.64. The summed E-state index contributed by atoms with van der Waals surface area (Å²) in [7, 11) is 0. The molecule has 22 heavy (non-hydrogen) atoms. The first-order valence-electron chi connectivity index (χ1n) is 7.00. The highest BCUT2D eigenvalue weighted by Gasteiger charge is 2.11. The summed E-state index contributed by atoms with van der Waals surface area (Å²) in [6.07, 6.45) is 0.716. The molecule has 4 nitrogen and oxygen atoms in total. The standard InChI is InChI=1S/C16H21N3OS.ClH/c1-10-6-11(2)13(12(3)7-10)8-18-16(20)14-9-21-15(19-14)4-5-17;/h6-7,9H,4-5,8,17H2,1-3H3,(H,18,20);1H. The van der Waals surface area contributed by atoms with Crippen LogP contribution in [0.3, 0.4) is 0 Å². The Labute approximate surface area is 141 Å². The topological polar surface area (TPSA) is 68.0 Å². The zero-order valence-electron chi connectivity index (χ0n) is 13.1. The van der Waals surface area contributed by atoms with Gasteiger partial charge in [0.15, 0.2) is 0 Å². The SMILES string of the molecule is Cc1cc(C)c(CNC(=O)c2csc(CCN)n2)c(C)c1.Cl. The zero-order valence-corrected chi connectivity index (χ0v) is 14.7. The summed E-state index contributed by atoms with van der Waals surface area (Å²) in [4.78, 5) is 16.4. The van der Waals surface area contributed by atoms with Gasteiger partial charge in [0.1, 0.15) is 5.69 Å². The van der Waals surface area contributed by atoms with Crippen molar-refractivity contribution in [3.63, 3.8) is 0 Å². The second-order valence-electron chi connectivity index (χ2n) is 5.23. The number of aromatic nitrogens is 1. The van der Waals surface area contributed by atoms with Gasteiger partial charge in [0.25, 0.3) is 5.91 Å². The number of nitrogens with one attached hydrogen (secondary N) is 1. The molecule has 0 saturated carbocycles. The van der Waals surface area contributed by atoms with Gasteiger partial charge in [0, 0.05) is 18.3 Å². The van der Waals surface area contributed by atoms with Gasteiger partial charge in [0.05, 0.1) is 5.01 Å². The fourth-order valence-corrected chi connectivity index (χ4v) is 3.20. The third kappa shape index (κ3) is 4.53. The van der Waals surface area contributed by atoms with E-state index in [1.165, 1.54) is 33.6 Å². The smallest absolute Gasteiger partial charge is 0.271 e. The number of carbonyl (C=O) groups excluding carboxylic acids is 1. The van der Waals surface area contributed by atoms with E-state index >= 15 is 0 Å². The molecule has 0 aliphatic rings. The number of nitrogens with two attached hydrogens (primary N) is 1.